The average molecular weight is 420 g/mol. The highest BCUT2D eigenvalue weighted by Gasteiger charge is 2.23. The summed E-state index contributed by atoms with van der Waals surface area (Å²) in [6.45, 7) is 4.03. The summed E-state index contributed by atoms with van der Waals surface area (Å²) in [7, 11) is 0. The number of nitrogens with one attached hydrogen (secondary N) is 2. The van der Waals surface area contributed by atoms with Crippen molar-refractivity contribution in [2.24, 2.45) is 0 Å². The van der Waals surface area contributed by atoms with E-state index in [0.29, 0.717) is 60.8 Å². The van der Waals surface area contributed by atoms with Crippen molar-refractivity contribution >= 4 is 40.8 Å². The van der Waals surface area contributed by atoms with Crippen LogP contribution in [0.25, 0.3) is 0 Å². The number of urea groups is 1. The van der Waals surface area contributed by atoms with Crippen LogP contribution in [0.15, 0.2) is 42.5 Å². The van der Waals surface area contributed by atoms with Gasteiger partial charge in [0.05, 0.1) is 23.9 Å². The highest BCUT2D eigenvalue weighted by molar-refractivity contribution is 6.32. The van der Waals surface area contributed by atoms with E-state index in [9.17, 15) is 9.59 Å². The van der Waals surface area contributed by atoms with Crippen molar-refractivity contribution in [1.82, 2.24) is 0 Å². The molecule has 1 saturated heterocycles. The standard InChI is InChI=1S/C20H22ClN3O5/c1-2-27-11-12-28-18-16(21)7-4-8-17(18)23-19(25)22-14-5-3-6-15(13-14)24-9-10-29-20(24)26/h3-8,13H,2,9-12H2,1H3,(H2,22,23,25). The number of nitrogens with zero attached hydrogens (tertiary/aromatic N) is 1. The fourth-order valence-electron chi connectivity index (χ4n) is 2.77. The minimum atomic E-state index is -0.469. The zero-order valence-corrected chi connectivity index (χ0v) is 16.7. The van der Waals surface area contributed by atoms with Crippen LogP contribution in [0.2, 0.25) is 5.02 Å². The van der Waals surface area contributed by atoms with Crippen LogP contribution >= 0.6 is 11.6 Å². The summed E-state index contributed by atoms with van der Waals surface area (Å²) in [5.74, 6) is 0.373. The minimum Gasteiger partial charge on any atom is -0.487 e. The van der Waals surface area contributed by atoms with Gasteiger partial charge in [-0.25, -0.2) is 9.59 Å². The van der Waals surface area contributed by atoms with Crippen molar-refractivity contribution in [2.75, 3.05) is 48.5 Å². The number of cyclic esters (lactones) is 1. The first-order valence-electron chi connectivity index (χ1n) is 9.20. The highest BCUT2D eigenvalue weighted by Crippen LogP contribution is 2.33. The van der Waals surface area contributed by atoms with Crippen LogP contribution in [-0.2, 0) is 9.47 Å². The number of carbonyl (C=O) groups excluding carboxylic acids is 2. The molecule has 2 aromatic carbocycles. The van der Waals surface area contributed by atoms with E-state index in [0.717, 1.165) is 0 Å². The summed E-state index contributed by atoms with van der Waals surface area (Å²) in [6, 6.07) is 11.6. The van der Waals surface area contributed by atoms with E-state index >= 15 is 0 Å². The summed E-state index contributed by atoms with van der Waals surface area (Å²) in [4.78, 5) is 25.7. The molecule has 1 aliphatic rings. The van der Waals surface area contributed by atoms with Crippen LogP contribution in [0.5, 0.6) is 5.75 Å². The molecule has 0 aromatic heterocycles. The Kier molecular flexibility index (Phi) is 7.15. The van der Waals surface area contributed by atoms with Crippen LogP contribution in [0, 0.1) is 0 Å². The molecule has 9 heteroatoms. The van der Waals surface area contributed by atoms with E-state index < -0.39 is 12.1 Å². The summed E-state index contributed by atoms with van der Waals surface area (Å²) in [6.07, 6.45) is -0.403. The number of amides is 3. The molecular formula is C20H22ClN3O5. The summed E-state index contributed by atoms with van der Waals surface area (Å²) in [5, 5.41) is 5.86. The van der Waals surface area contributed by atoms with Crippen LogP contribution in [0.3, 0.4) is 0 Å². The number of rotatable bonds is 8. The molecule has 0 aliphatic carbocycles. The number of carbonyl (C=O) groups is 2. The number of hydrogen-bond donors (Lipinski definition) is 2. The van der Waals surface area contributed by atoms with Crippen LogP contribution in [-0.4, -0.2) is 45.1 Å². The Labute approximate surface area is 173 Å². The molecule has 3 rings (SSSR count). The average Bonchev–Trinajstić information content (AvgIpc) is 3.13. The zero-order chi connectivity index (χ0) is 20.6. The van der Waals surface area contributed by atoms with E-state index in [-0.39, 0.29) is 0 Å². The van der Waals surface area contributed by atoms with E-state index in [1.54, 1.807) is 42.5 Å². The second-order valence-electron chi connectivity index (χ2n) is 6.06. The van der Waals surface area contributed by atoms with Crippen molar-refractivity contribution in [3.8, 4) is 5.75 Å². The van der Waals surface area contributed by atoms with Crippen molar-refractivity contribution in [1.29, 1.82) is 0 Å². The first kappa shape index (κ1) is 20.8. The van der Waals surface area contributed by atoms with Gasteiger partial charge in [-0.15, -0.1) is 0 Å². The summed E-state index contributed by atoms with van der Waals surface area (Å²) in [5.41, 5.74) is 1.61. The van der Waals surface area contributed by atoms with Crippen molar-refractivity contribution in [3.63, 3.8) is 0 Å². The Bertz CT molecular complexity index is 877. The minimum absolute atomic E-state index is 0.307. The molecule has 2 N–H and O–H groups in total. The van der Waals surface area contributed by atoms with Gasteiger partial charge in [-0.3, -0.25) is 4.90 Å². The second-order valence-corrected chi connectivity index (χ2v) is 6.46. The maximum Gasteiger partial charge on any atom is 0.414 e. The number of halogens is 1. The molecule has 1 heterocycles. The second kappa shape index (κ2) is 9.99. The number of ether oxygens (including phenoxy) is 3. The van der Waals surface area contributed by atoms with Gasteiger partial charge in [0.15, 0.2) is 5.75 Å². The Morgan fingerprint density at radius 2 is 2.03 bits per heavy atom. The third-order valence-corrected chi connectivity index (χ3v) is 4.37. The predicted molar refractivity (Wildman–Crippen MR) is 111 cm³/mol. The molecule has 29 heavy (non-hydrogen) atoms. The Morgan fingerprint density at radius 1 is 1.21 bits per heavy atom. The molecule has 154 valence electrons. The molecule has 0 unspecified atom stereocenters. The van der Waals surface area contributed by atoms with Gasteiger partial charge in [-0.05, 0) is 37.3 Å². The van der Waals surface area contributed by atoms with Crippen LogP contribution < -0.4 is 20.3 Å². The lowest BCUT2D eigenvalue weighted by molar-refractivity contribution is 0.110. The fraction of sp³-hybridized carbons (Fsp3) is 0.300. The molecule has 0 spiro atoms. The Morgan fingerprint density at radius 3 is 2.79 bits per heavy atom. The first-order chi connectivity index (χ1) is 14.1. The van der Waals surface area contributed by atoms with Gasteiger partial charge in [0.1, 0.15) is 13.2 Å². The lowest BCUT2D eigenvalue weighted by Crippen LogP contribution is -2.24. The Balaban J connectivity index is 1.65. The molecule has 0 bridgehead atoms. The van der Waals surface area contributed by atoms with E-state index in [1.165, 1.54) is 4.90 Å². The van der Waals surface area contributed by atoms with Gasteiger partial charge >= 0.3 is 12.1 Å². The number of hydrogen-bond acceptors (Lipinski definition) is 5. The van der Waals surface area contributed by atoms with Crippen molar-refractivity contribution in [3.05, 3.63) is 47.5 Å². The molecule has 1 fully saturated rings. The molecule has 0 atom stereocenters. The predicted octanol–water partition coefficient (Wildman–Crippen LogP) is 4.36. The van der Waals surface area contributed by atoms with Crippen molar-refractivity contribution < 1.29 is 23.8 Å². The lowest BCUT2D eigenvalue weighted by Gasteiger charge is -2.16. The molecule has 0 saturated carbocycles. The van der Waals surface area contributed by atoms with E-state index in [1.807, 2.05) is 6.92 Å². The van der Waals surface area contributed by atoms with Crippen molar-refractivity contribution in [2.45, 2.75) is 6.92 Å². The molecule has 2 aromatic rings. The maximum atomic E-state index is 12.5. The number of para-hydroxylation sites is 1. The zero-order valence-electron chi connectivity index (χ0n) is 15.9. The number of anilines is 3. The molecule has 3 amide bonds. The van der Waals surface area contributed by atoms with E-state index in [4.69, 9.17) is 25.8 Å². The Hall–Kier alpha value is -2.97. The maximum absolute atomic E-state index is 12.5. The van der Waals surface area contributed by atoms with E-state index in [2.05, 4.69) is 10.6 Å². The van der Waals surface area contributed by atoms with Gasteiger partial charge < -0.3 is 24.8 Å². The third-order valence-electron chi connectivity index (χ3n) is 4.07. The number of benzene rings is 2. The smallest absolute Gasteiger partial charge is 0.414 e. The van der Waals surface area contributed by atoms with Crippen LogP contribution in [0.1, 0.15) is 6.92 Å². The SMILES string of the molecule is CCOCCOc1c(Cl)cccc1NC(=O)Nc1cccc(N2CCOC2=O)c1. The fourth-order valence-corrected chi connectivity index (χ4v) is 2.99. The normalized spacial score (nSPS) is 13.2. The molecule has 0 radical (unpaired) electrons. The molecular weight excluding hydrogens is 398 g/mol. The van der Waals surface area contributed by atoms with Gasteiger partial charge in [0.25, 0.3) is 0 Å². The summed E-state index contributed by atoms with van der Waals surface area (Å²) < 4.78 is 15.9. The van der Waals surface area contributed by atoms with Gasteiger partial charge in [-0.1, -0.05) is 23.7 Å². The van der Waals surface area contributed by atoms with Crippen LogP contribution in [0.4, 0.5) is 26.7 Å². The molecule has 1 aliphatic heterocycles. The first-order valence-corrected chi connectivity index (χ1v) is 9.57. The third kappa shape index (κ3) is 5.52. The lowest BCUT2D eigenvalue weighted by atomic mass is 10.2. The highest BCUT2D eigenvalue weighted by atomic mass is 35.5. The largest absolute Gasteiger partial charge is 0.487 e. The van der Waals surface area contributed by atoms with Gasteiger partial charge in [0, 0.05) is 18.0 Å². The monoisotopic (exact) mass is 419 g/mol. The van der Waals surface area contributed by atoms with Gasteiger partial charge in [-0.2, -0.15) is 0 Å². The van der Waals surface area contributed by atoms with Gasteiger partial charge in [0.2, 0.25) is 0 Å². The molecule has 8 nitrogen and oxygen atoms in total. The quantitative estimate of drug-likeness (QED) is 0.621. The summed E-state index contributed by atoms with van der Waals surface area (Å²) >= 11 is 6.21. The topological polar surface area (TPSA) is 89.1 Å².